The Hall–Kier alpha value is -8.98. The first-order valence-electron chi connectivity index (χ1n) is 31.5. The predicted molar refractivity (Wildman–Crippen MR) is 368 cm³/mol. The summed E-state index contributed by atoms with van der Waals surface area (Å²) in [6, 6.07) is 78.9. The van der Waals surface area contributed by atoms with Crippen molar-refractivity contribution in [3.8, 4) is 66.8 Å². The van der Waals surface area contributed by atoms with E-state index < -0.39 is 0 Å². The number of rotatable bonds is 21. The van der Waals surface area contributed by atoms with Crippen molar-refractivity contribution in [3.63, 3.8) is 0 Å². The van der Waals surface area contributed by atoms with E-state index in [2.05, 4.69) is 243 Å². The van der Waals surface area contributed by atoms with E-state index in [1.807, 2.05) is 0 Å². The number of fused-ring (bicyclic) bond motifs is 10. The molecule has 14 aromatic rings. The molecule has 14 aromatic carbocycles. The van der Waals surface area contributed by atoms with Gasteiger partial charge in [-0.3, -0.25) is 0 Å². The van der Waals surface area contributed by atoms with Gasteiger partial charge in [-0.05, 0) is 167 Å². The summed E-state index contributed by atoms with van der Waals surface area (Å²) in [6.07, 6.45) is 17.2. The van der Waals surface area contributed by atoms with Crippen LogP contribution in [0.2, 0.25) is 0 Å². The molecule has 0 spiro atoms. The highest BCUT2D eigenvalue weighted by Crippen LogP contribution is 2.59. The van der Waals surface area contributed by atoms with Gasteiger partial charge in [0, 0.05) is 35.1 Å². The first-order valence-corrected chi connectivity index (χ1v) is 31.5. The van der Waals surface area contributed by atoms with E-state index in [-0.39, 0.29) is 6.04 Å². The van der Waals surface area contributed by atoms with Gasteiger partial charge in [0.25, 0.3) is 0 Å². The van der Waals surface area contributed by atoms with Crippen molar-refractivity contribution in [2.75, 3.05) is 17.2 Å². The molecule has 1 unspecified atom stereocenters. The Labute approximate surface area is 494 Å². The number of unbranched alkanes of at least 4 members (excludes halogenated alkanes) is 9. The van der Waals surface area contributed by atoms with Crippen LogP contribution in [0.4, 0.5) is 11.4 Å². The minimum atomic E-state index is 0.192. The molecule has 0 aliphatic heterocycles. The normalized spacial score (nSPS) is 12.5. The molecule has 1 aliphatic carbocycles. The van der Waals surface area contributed by atoms with E-state index in [1.54, 1.807) is 0 Å². The molecule has 15 rings (SSSR count). The van der Waals surface area contributed by atoms with Crippen molar-refractivity contribution in [1.29, 1.82) is 0 Å². The van der Waals surface area contributed by atoms with Crippen LogP contribution >= 0.6 is 0 Å². The summed E-state index contributed by atoms with van der Waals surface area (Å²) in [6.45, 7) is 9.92. The van der Waals surface area contributed by atoms with Crippen LogP contribution in [-0.2, 0) is 0 Å². The van der Waals surface area contributed by atoms with Gasteiger partial charge in [-0.1, -0.05) is 278 Å². The Balaban J connectivity index is 0.944. The average Bonchev–Trinajstić information content (AvgIpc) is 1.75. The predicted octanol–water partition coefficient (Wildman–Crippen LogP) is 24.2. The lowest BCUT2D eigenvalue weighted by Crippen LogP contribution is -2.17. The van der Waals surface area contributed by atoms with Crippen LogP contribution in [0, 0.1) is 0 Å². The van der Waals surface area contributed by atoms with Crippen molar-refractivity contribution in [3.05, 3.63) is 219 Å². The van der Waals surface area contributed by atoms with Gasteiger partial charge >= 0.3 is 0 Å². The Bertz CT molecular complexity index is 4690. The maximum atomic E-state index is 4.36. The zero-order valence-corrected chi connectivity index (χ0v) is 48.7. The molecule has 2 nitrogen and oxygen atoms in total. The number of nitrogens with one attached hydrogen (secondary N) is 2. The first kappa shape index (κ1) is 51.9. The topological polar surface area (TPSA) is 24.1 Å². The number of hydrogen-bond donors (Lipinski definition) is 2. The fourth-order valence-corrected chi connectivity index (χ4v) is 15.2. The molecule has 0 fully saturated rings. The van der Waals surface area contributed by atoms with Crippen LogP contribution in [-0.4, -0.2) is 12.6 Å². The van der Waals surface area contributed by atoms with Crippen LogP contribution in [0.5, 0.6) is 0 Å². The molecule has 410 valence electrons. The maximum Gasteiger partial charge on any atom is 0.0442 e. The Morgan fingerprint density at radius 3 is 1.36 bits per heavy atom. The zero-order chi connectivity index (χ0) is 56.3. The zero-order valence-electron chi connectivity index (χ0n) is 48.7. The van der Waals surface area contributed by atoms with Crippen molar-refractivity contribution in [1.82, 2.24) is 0 Å². The summed E-state index contributed by atoms with van der Waals surface area (Å²) in [7, 11) is 0. The van der Waals surface area contributed by atoms with Crippen LogP contribution in [0.1, 0.15) is 90.9 Å². The largest absolute Gasteiger partial charge is 0.385 e. The summed E-state index contributed by atoms with van der Waals surface area (Å²) < 4.78 is 0. The van der Waals surface area contributed by atoms with Gasteiger partial charge < -0.3 is 10.6 Å². The highest BCUT2D eigenvalue weighted by molar-refractivity contribution is 6.47. The highest BCUT2D eigenvalue weighted by atomic mass is 14.9. The van der Waals surface area contributed by atoms with E-state index in [9.17, 15) is 0 Å². The lowest BCUT2D eigenvalue weighted by atomic mass is 9.87. The van der Waals surface area contributed by atoms with E-state index in [4.69, 9.17) is 0 Å². The molecule has 0 saturated carbocycles. The minimum absolute atomic E-state index is 0.192. The molecule has 84 heavy (non-hydrogen) atoms. The molecule has 2 N–H and O–H groups in total. The molecular formula is C82H72N2. The Morgan fingerprint density at radius 2 is 0.738 bits per heavy atom. The summed E-state index contributed by atoms with van der Waals surface area (Å²) in [5.74, 6) is 0. The fourth-order valence-electron chi connectivity index (χ4n) is 15.2. The molecular weight excluding hydrogens is 1010 g/mol. The second kappa shape index (κ2) is 22.0. The monoisotopic (exact) mass is 1080 g/mol. The van der Waals surface area contributed by atoms with Crippen molar-refractivity contribution in [2.24, 2.45) is 0 Å². The molecule has 2 heteroatoms. The van der Waals surface area contributed by atoms with Gasteiger partial charge in [-0.25, -0.2) is 0 Å². The SMILES string of the molecule is C=CC(CCCCCCC)Nc1ccc(NCCCCCCCC)c2c1-c1cccc3c(-c4ccc5c6c(-c7ccccc7)c7c8ccc(-c9cccc%10ccccc9%10)c9cccc(c7c(-c7ccccc7)c6c6cccc4c65)c98)ccc-2c13. The highest BCUT2D eigenvalue weighted by Gasteiger charge is 2.31. The summed E-state index contributed by atoms with van der Waals surface area (Å²) in [4.78, 5) is 0. The lowest BCUT2D eigenvalue weighted by Gasteiger charge is -2.21. The number of hydrogen-bond acceptors (Lipinski definition) is 2. The van der Waals surface area contributed by atoms with Gasteiger partial charge in [0.2, 0.25) is 0 Å². The molecule has 0 radical (unpaired) electrons. The molecule has 0 saturated heterocycles. The third-order valence-electron chi connectivity index (χ3n) is 19.0. The Morgan fingerprint density at radius 1 is 0.321 bits per heavy atom. The van der Waals surface area contributed by atoms with Crippen molar-refractivity contribution >= 4 is 97.6 Å². The third-order valence-corrected chi connectivity index (χ3v) is 19.0. The molecule has 0 heterocycles. The summed E-state index contributed by atoms with van der Waals surface area (Å²) in [5, 5.41) is 29.0. The molecule has 1 atom stereocenters. The maximum absolute atomic E-state index is 4.36. The van der Waals surface area contributed by atoms with Crippen molar-refractivity contribution < 1.29 is 0 Å². The number of anilines is 2. The third kappa shape index (κ3) is 8.43. The Kier molecular flexibility index (Phi) is 13.6. The lowest BCUT2D eigenvalue weighted by molar-refractivity contribution is 0.594. The van der Waals surface area contributed by atoms with Crippen LogP contribution in [0.15, 0.2) is 219 Å². The van der Waals surface area contributed by atoms with Gasteiger partial charge in [0.15, 0.2) is 0 Å². The standard InChI is InChI=1S/C82H72N2/c1-4-7-9-11-13-23-51-83-70-49-50-71(84-55(6-3)34-20-12-10-8-5-2)78-64-40-25-37-62-59(43-46-67(74(62)64)77(70)78)60-45-48-69-76-63(60)39-27-42-66(76)80-72(53-29-16-14-17-30-53)79-65-41-26-38-61-58(57-36-24-33-52-28-21-22-35-56(52)57)44-47-68(75(61)65)81(79)73(82(69)80)54-31-18-15-19-32-54/h6,14-19,21-22,24-33,35-50,55,83-84H,3-5,7-13,20,23,34,51H2,1-2H3. The summed E-state index contributed by atoms with van der Waals surface area (Å²) >= 11 is 0. The van der Waals surface area contributed by atoms with E-state index in [1.165, 1.54) is 235 Å². The molecule has 0 bridgehead atoms. The van der Waals surface area contributed by atoms with E-state index >= 15 is 0 Å². The molecule has 0 amide bonds. The average molecular weight is 1090 g/mol. The molecule has 0 aromatic heterocycles. The first-order chi connectivity index (χ1) is 41.6. The van der Waals surface area contributed by atoms with Crippen LogP contribution in [0.3, 0.4) is 0 Å². The summed E-state index contributed by atoms with van der Waals surface area (Å²) in [5.41, 5.74) is 17.9. The smallest absolute Gasteiger partial charge is 0.0442 e. The second-order valence-electron chi connectivity index (χ2n) is 24.0. The second-order valence-corrected chi connectivity index (χ2v) is 24.0. The van der Waals surface area contributed by atoms with E-state index in [0.717, 1.165) is 13.0 Å². The van der Waals surface area contributed by atoms with Gasteiger partial charge in [0.1, 0.15) is 0 Å². The number of benzene rings is 12. The molecule has 1 aliphatic rings. The van der Waals surface area contributed by atoms with Gasteiger partial charge in [0.05, 0.1) is 0 Å². The fraction of sp³-hybridized carbons (Fsp3) is 0.195. The van der Waals surface area contributed by atoms with Crippen molar-refractivity contribution in [2.45, 2.75) is 96.9 Å². The minimum Gasteiger partial charge on any atom is -0.385 e. The quantitative estimate of drug-likeness (QED) is 0.0553. The van der Waals surface area contributed by atoms with Crippen LogP contribution in [0.25, 0.3) is 153 Å². The van der Waals surface area contributed by atoms with E-state index in [0.29, 0.717) is 0 Å². The van der Waals surface area contributed by atoms with Gasteiger partial charge in [-0.15, -0.1) is 6.58 Å². The van der Waals surface area contributed by atoms with Gasteiger partial charge in [-0.2, -0.15) is 0 Å². The van der Waals surface area contributed by atoms with Crippen LogP contribution < -0.4 is 10.6 Å².